The van der Waals surface area contributed by atoms with Crippen molar-refractivity contribution in [3.63, 3.8) is 0 Å². The average molecular weight is 328 g/mol. The summed E-state index contributed by atoms with van der Waals surface area (Å²) in [7, 11) is 0. The van der Waals surface area contributed by atoms with E-state index in [9.17, 15) is 26.7 Å². The van der Waals surface area contributed by atoms with Gasteiger partial charge in [-0.2, -0.15) is 22.0 Å². The van der Waals surface area contributed by atoms with Crippen LogP contribution in [0.2, 0.25) is 0 Å². The molecule has 0 atom stereocenters. The van der Waals surface area contributed by atoms with Crippen molar-refractivity contribution >= 4 is 21.6 Å². The number of fused-ring (bicyclic) bond motifs is 1. The highest BCUT2D eigenvalue weighted by Crippen LogP contribution is 2.35. The van der Waals surface area contributed by atoms with Crippen LogP contribution in [0.1, 0.15) is 0 Å². The quantitative estimate of drug-likeness (QED) is 0.626. The Morgan fingerprint density at radius 2 is 2.00 bits per heavy atom. The van der Waals surface area contributed by atoms with Crippen molar-refractivity contribution in [1.29, 1.82) is 0 Å². The number of alkyl halides is 5. The summed E-state index contributed by atoms with van der Waals surface area (Å²) in [6, 6.07) is 1.56. The number of aromatic nitrogens is 2. The number of hydrogen-bond acceptors (Lipinski definition) is 4. The summed E-state index contributed by atoms with van der Waals surface area (Å²) in [4.78, 5) is 16.4. The fraction of sp³-hybridized carbons (Fsp3) is 0.455. The minimum atomic E-state index is -5.65. The molecule has 10 heteroatoms. The lowest BCUT2D eigenvalue weighted by Gasteiger charge is -2.19. The number of halogens is 5. The van der Waals surface area contributed by atoms with E-state index in [0.29, 0.717) is 10.2 Å². The largest absolute Gasteiger partial charge is 0.455 e. The number of nitrogens with zero attached hydrogens (tertiary/aromatic N) is 2. The van der Waals surface area contributed by atoms with Crippen LogP contribution in [0.25, 0.3) is 10.2 Å². The molecule has 2 rings (SSSR count). The highest BCUT2D eigenvalue weighted by molar-refractivity contribution is 7.16. The van der Waals surface area contributed by atoms with E-state index in [2.05, 4.69) is 9.72 Å². The van der Waals surface area contributed by atoms with Crippen LogP contribution in [0.5, 0.6) is 0 Å². The summed E-state index contributed by atoms with van der Waals surface area (Å²) in [6.07, 6.45) is -4.45. The molecule has 2 aromatic rings. The Balaban J connectivity index is 1.94. The zero-order valence-corrected chi connectivity index (χ0v) is 11.2. The molecule has 2 heterocycles. The Morgan fingerprint density at radius 3 is 2.67 bits per heavy atom. The smallest absolute Gasteiger partial charge is 0.373 e. The van der Waals surface area contributed by atoms with Gasteiger partial charge in [0.15, 0.2) is 0 Å². The second-order valence-electron chi connectivity index (χ2n) is 4.14. The molecule has 0 amide bonds. The summed E-state index contributed by atoms with van der Waals surface area (Å²) in [5, 5.41) is 2.03. The van der Waals surface area contributed by atoms with E-state index in [-0.39, 0.29) is 6.54 Å². The van der Waals surface area contributed by atoms with Crippen LogP contribution in [0.15, 0.2) is 22.6 Å². The predicted octanol–water partition coefficient (Wildman–Crippen LogP) is 2.67. The van der Waals surface area contributed by atoms with E-state index in [0.717, 1.165) is 4.57 Å². The zero-order valence-electron chi connectivity index (χ0n) is 10.4. The summed E-state index contributed by atoms with van der Waals surface area (Å²) in [5.74, 6) is -4.91. The number of ether oxygens (including phenoxy) is 1. The third-order valence-corrected chi connectivity index (χ3v) is 3.45. The number of rotatable bonds is 5. The lowest BCUT2D eigenvalue weighted by atomic mass is 10.3. The van der Waals surface area contributed by atoms with Crippen LogP contribution in [-0.2, 0) is 11.3 Å². The molecule has 0 fully saturated rings. The number of thiophene rings is 1. The standard InChI is InChI=1S/C11H9F5N2O2S/c12-10(13,11(14,15)16)5-20-3-2-18-6-17-8-7(9(18)19)1-4-21-8/h1,4,6H,2-3,5H2. The zero-order chi connectivity index (χ0) is 15.7. The second kappa shape index (κ2) is 5.68. The van der Waals surface area contributed by atoms with Crippen LogP contribution in [0.3, 0.4) is 0 Å². The van der Waals surface area contributed by atoms with Gasteiger partial charge in [-0.3, -0.25) is 9.36 Å². The molecule has 0 unspecified atom stereocenters. The molecule has 0 saturated carbocycles. The maximum absolute atomic E-state index is 12.6. The molecule has 116 valence electrons. The highest BCUT2D eigenvalue weighted by atomic mass is 32.1. The monoisotopic (exact) mass is 328 g/mol. The van der Waals surface area contributed by atoms with Crippen molar-refractivity contribution in [1.82, 2.24) is 9.55 Å². The van der Waals surface area contributed by atoms with Crippen LogP contribution >= 0.6 is 11.3 Å². The van der Waals surface area contributed by atoms with Gasteiger partial charge in [0.2, 0.25) is 0 Å². The van der Waals surface area contributed by atoms with Gasteiger partial charge in [-0.05, 0) is 11.4 Å². The van der Waals surface area contributed by atoms with Gasteiger partial charge in [-0.25, -0.2) is 4.98 Å². The highest BCUT2D eigenvalue weighted by Gasteiger charge is 2.57. The van der Waals surface area contributed by atoms with Crippen molar-refractivity contribution in [2.75, 3.05) is 13.2 Å². The van der Waals surface area contributed by atoms with Gasteiger partial charge in [0.05, 0.1) is 24.9 Å². The molecule has 0 saturated heterocycles. The Kier molecular flexibility index (Phi) is 4.28. The molecule has 0 N–H and O–H groups in total. The molecule has 0 aromatic carbocycles. The third kappa shape index (κ3) is 3.38. The van der Waals surface area contributed by atoms with Crippen molar-refractivity contribution in [2.24, 2.45) is 0 Å². The summed E-state index contributed by atoms with van der Waals surface area (Å²) < 4.78 is 66.2. The molecule has 0 spiro atoms. The second-order valence-corrected chi connectivity index (χ2v) is 5.03. The lowest BCUT2D eigenvalue weighted by Crippen LogP contribution is -2.41. The molecule has 0 radical (unpaired) electrons. The van der Waals surface area contributed by atoms with Crippen molar-refractivity contribution < 1.29 is 26.7 Å². The Hall–Kier alpha value is -1.55. The molecule has 0 aliphatic carbocycles. The van der Waals surface area contributed by atoms with Gasteiger partial charge in [0.25, 0.3) is 5.56 Å². The number of hydrogen-bond donors (Lipinski definition) is 0. The Morgan fingerprint density at radius 1 is 1.29 bits per heavy atom. The van der Waals surface area contributed by atoms with Crippen LogP contribution in [0, 0.1) is 0 Å². The van der Waals surface area contributed by atoms with E-state index in [1.54, 1.807) is 11.4 Å². The SMILES string of the molecule is O=c1c2ccsc2ncn1CCOCC(F)(F)C(F)(F)F. The summed E-state index contributed by atoms with van der Waals surface area (Å²) in [6.45, 7) is -2.40. The lowest BCUT2D eigenvalue weighted by molar-refractivity contribution is -0.296. The van der Waals surface area contributed by atoms with Crippen molar-refractivity contribution in [3.05, 3.63) is 28.1 Å². The van der Waals surface area contributed by atoms with E-state index >= 15 is 0 Å². The van der Waals surface area contributed by atoms with Crippen molar-refractivity contribution in [2.45, 2.75) is 18.6 Å². The van der Waals surface area contributed by atoms with Crippen molar-refractivity contribution in [3.8, 4) is 0 Å². The molecular weight excluding hydrogens is 319 g/mol. The van der Waals surface area contributed by atoms with E-state index in [4.69, 9.17) is 0 Å². The predicted molar refractivity (Wildman–Crippen MR) is 65.7 cm³/mol. The maximum Gasteiger partial charge on any atom is 0.455 e. The molecule has 4 nitrogen and oxygen atoms in total. The summed E-state index contributed by atoms with van der Waals surface area (Å²) in [5.41, 5.74) is -0.396. The first kappa shape index (κ1) is 15.8. The fourth-order valence-corrected chi connectivity index (χ4v) is 2.22. The first-order chi connectivity index (χ1) is 9.72. The summed E-state index contributed by atoms with van der Waals surface area (Å²) >= 11 is 1.26. The molecule has 21 heavy (non-hydrogen) atoms. The van der Waals surface area contributed by atoms with Crippen LogP contribution < -0.4 is 5.56 Å². The Bertz CT molecular complexity index is 679. The van der Waals surface area contributed by atoms with Gasteiger partial charge in [-0.1, -0.05) is 0 Å². The van der Waals surface area contributed by atoms with Gasteiger partial charge in [0.1, 0.15) is 11.4 Å². The molecule has 2 aromatic heterocycles. The molecular formula is C11H9F5N2O2S. The minimum absolute atomic E-state index is 0.161. The first-order valence-electron chi connectivity index (χ1n) is 5.67. The first-order valence-corrected chi connectivity index (χ1v) is 6.55. The van der Waals surface area contributed by atoms with Gasteiger partial charge >= 0.3 is 12.1 Å². The maximum atomic E-state index is 12.6. The van der Waals surface area contributed by atoms with Gasteiger partial charge in [-0.15, -0.1) is 11.3 Å². The van der Waals surface area contributed by atoms with E-state index in [1.165, 1.54) is 17.7 Å². The average Bonchev–Trinajstić information content (AvgIpc) is 2.84. The molecule has 0 bridgehead atoms. The molecule has 0 aliphatic heterocycles. The topological polar surface area (TPSA) is 44.1 Å². The van der Waals surface area contributed by atoms with E-state index in [1.807, 2.05) is 0 Å². The van der Waals surface area contributed by atoms with Crippen LogP contribution in [-0.4, -0.2) is 34.9 Å². The Labute approximate surface area is 118 Å². The van der Waals surface area contributed by atoms with Gasteiger partial charge < -0.3 is 4.74 Å². The normalized spacial score (nSPS) is 13.0. The van der Waals surface area contributed by atoms with Crippen LogP contribution in [0.4, 0.5) is 22.0 Å². The third-order valence-electron chi connectivity index (χ3n) is 2.63. The fourth-order valence-electron chi connectivity index (χ4n) is 1.50. The minimum Gasteiger partial charge on any atom is -0.373 e. The molecule has 0 aliphatic rings. The van der Waals surface area contributed by atoms with Gasteiger partial charge in [0, 0.05) is 0 Å². The van der Waals surface area contributed by atoms with E-state index < -0.39 is 30.9 Å².